The minimum atomic E-state index is -1.06. The maximum atomic E-state index is 10.7. The molecule has 0 aromatic rings. The Hall–Kier alpha value is -0.980. The molecule has 4 N–H and O–H groups in total. The maximum absolute atomic E-state index is 10.7. The Balaban J connectivity index is 2.36. The Kier molecular flexibility index (Phi) is 12.9. The predicted octanol–water partition coefficient (Wildman–Crippen LogP) is 6.15. The SMILES string of the molecule is CC(C)=CCC[C@@](C)(O)[C@H](O)CC/C(C)=C/CC/C=C(\C)CC[C@@H](O)[C@]1(C)CC[C@H](C(C)(C)O)O1. The fourth-order valence-corrected chi connectivity index (χ4v) is 4.63. The van der Waals surface area contributed by atoms with E-state index < -0.39 is 29.0 Å². The molecular formula is C30H54O5. The van der Waals surface area contributed by atoms with Crippen molar-refractivity contribution in [2.45, 2.75) is 155 Å². The summed E-state index contributed by atoms with van der Waals surface area (Å²) in [4.78, 5) is 0. The van der Waals surface area contributed by atoms with Gasteiger partial charge in [-0.25, -0.2) is 0 Å². The van der Waals surface area contributed by atoms with Crippen molar-refractivity contribution >= 4 is 0 Å². The van der Waals surface area contributed by atoms with E-state index in [9.17, 15) is 20.4 Å². The molecule has 0 amide bonds. The first-order chi connectivity index (χ1) is 16.1. The van der Waals surface area contributed by atoms with Crippen LogP contribution in [-0.2, 0) is 4.74 Å². The molecule has 0 aromatic heterocycles. The quantitative estimate of drug-likeness (QED) is 0.162. The molecule has 0 bridgehead atoms. The Morgan fingerprint density at radius 3 is 1.94 bits per heavy atom. The molecule has 1 aliphatic heterocycles. The van der Waals surface area contributed by atoms with E-state index in [0.717, 1.165) is 44.9 Å². The van der Waals surface area contributed by atoms with Gasteiger partial charge in [-0.15, -0.1) is 0 Å². The molecule has 35 heavy (non-hydrogen) atoms. The monoisotopic (exact) mass is 494 g/mol. The van der Waals surface area contributed by atoms with Gasteiger partial charge in [-0.1, -0.05) is 34.9 Å². The lowest BCUT2D eigenvalue weighted by molar-refractivity contribution is -0.153. The van der Waals surface area contributed by atoms with Crippen molar-refractivity contribution in [3.05, 3.63) is 34.9 Å². The summed E-state index contributed by atoms with van der Waals surface area (Å²) < 4.78 is 6.06. The number of aliphatic hydroxyl groups excluding tert-OH is 2. The van der Waals surface area contributed by atoms with Gasteiger partial charge in [0.2, 0.25) is 0 Å². The molecule has 0 spiro atoms. The summed E-state index contributed by atoms with van der Waals surface area (Å²) in [7, 11) is 0. The van der Waals surface area contributed by atoms with Gasteiger partial charge >= 0.3 is 0 Å². The second kappa shape index (κ2) is 14.1. The van der Waals surface area contributed by atoms with Crippen molar-refractivity contribution in [3.63, 3.8) is 0 Å². The van der Waals surface area contributed by atoms with Crippen LogP contribution in [0.15, 0.2) is 34.9 Å². The number of ether oxygens (including phenoxy) is 1. The van der Waals surface area contributed by atoms with Crippen LogP contribution < -0.4 is 0 Å². The molecule has 0 aliphatic carbocycles. The van der Waals surface area contributed by atoms with Crippen molar-refractivity contribution in [2.75, 3.05) is 0 Å². The third-order valence-corrected chi connectivity index (χ3v) is 7.50. The van der Waals surface area contributed by atoms with Crippen molar-refractivity contribution in [2.24, 2.45) is 0 Å². The molecule has 1 rings (SSSR count). The molecule has 204 valence electrons. The number of hydrogen-bond donors (Lipinski definition) is 4. The van der Waals surface area contributed by atoms with E-state index in [2.05, 4.69) is 32.1 Å². The van der Waals surface area contributed by atoms with E-state index in [0.29, 0.717) is 19.3 Å². The van der Waals surface area contributed by atoms with Crippen LogP contribution in [0.3, 0.4) is 0 Å². The van der Waals surface area contributed by atoms with Gasteiger partial charge in [-0.3, -0.25) is 0 Å². The highest BCUT2D eigenvalue weighted by Gasteiger charge is 2.46. The number of unbranched alkanes of at least 4 members (excludes halogenated alkanes) is 1. The number of aliphatic hydroxyl groups is 4. The van der Waals surface area contributed by atoms with Crippen LogP contribution in [0.1, 0.15) is 120 Å². The van der Waals surface area contributed by atoms with E-state index in [1.807, 2.05) is 20.8 Å². The van der Waals surface area contributed by atoms with Crippen molar-refractivity contribution in [1.29, 1.82) is 0 Å². The summed E-state index contributed by atoms with van der Waals surface area (Å²) in [6, 6.07) is 0. The molecule has 5 heteroatoms. The second-order valence-electron chi connectivity index (χ2n) is 12.1. The first-order valence-corrected chi connectivity index (χ1v) is 13.5. The van der Waals surface area contributed by atoms with E-state index in [-0.39, 0.29) is 6.10 Å². The summed E-state index contributed by atoms with van der Waals surface area (Å²) in [5.74, 6) is 0. The standard InChI is InChI=1S/C30H54O5/c1-22(2)12-11-20-29(7,34)25(31)17-15-23(3)13-9-10-14-24(4)16-18-26(32)30(8)21-19-27(35-30)28(5,6)33/h12-14,25-27,31-34H,9-11,15-21H2,1-8H3/b23-13+,24-14+/t25-,26-,27-,29-,30+/m1/s1. The molecule has 0 aromatic carbocycles. The first kappa shape index (κ1) is 32.0. The maximum Gasteiger partial charge on any atom is 0.0918 e. The van der Waals surface area contributed by atoms with Crippen LogP contribution in [0.2, 0.25) is 0 Å². The molecule has 0 unspecified atom stereocenters. The average molecular weight is 495 g/mol. The third kappa shape index (κ3) is 11.7. The van der Waals surface area contributed by atoms with Crippen LogP contribution >= 0.6 is 0 Å². The number of rotatable bonds is 15. The fourth-order valence-electron chi connectivity index (χ4n) is 4.63. The summed E-state index contributed by atoms with van der Waals surface area (Å²) in [6.07, 6.45) is 12.6. The highest BCUT2D eigenvalue weighted by Crippen LogP contribution is 2.38. The zero-order valence-corrected chi connectivity index (χ0v) is 23.7. The fraction of sp³-hybridized carbons (Fsp3) is 0.800. The minimum Gasteiger partial charge on any atom is -0.390 e. The molecular weight excluding hydrogens is 440 g/mol. The van der Waals surface area contributed by atoms with Crippen molar-refractivity contribution in [3.8, 4) is 0 Å². The van der Waals surface area contributed by atoms with Gasteiger partial charge in [-0.2, -0.15) is 0 Å². The second-order valence-corrected chi connectivity index (χ2v) is 12.1. The van der Waals surface area contributed by atoms with Crippen LogP contribution in [-0.4, -0.2) is 55.5 Å². The summed E-state index contributed by atoms with van der Waals surface area (Å²) >= 11 is 0. The van der Waals surface area contributed by atoms with Crippen LogP contribution in [0.5, 0.6) is 0 Å². The summed E-state index contributed by atoms with van der Waals surface area (Å²) in [5, 5.41) is 41.9. The van der Waals surface area contributed by atoms with E-state index in [4.69, 9.17) is 4.74 Å². The zero-order valence-electron chi connectivity index (χ0n) is 23.7. The molecule has 1 saturated heterocycles. The van der Waals surface area contributed by atoms with Gasteiger partial charge in [0, 0.05) is 0 Å². The van der Waals surface area contributed by atoms with Gasteiger partial charge in [0.1, 0.15) is 0 Å². The molecule has 1 aliphatic rings. The lowest BCUT2D eigenvalue weighted by Crippen LogP contribution is -2.43. The number of hydrogen-bond acceptors (Lipinski definition) is 5. The van der Waals surface area contributed by atoms with Crippen molar-refractivity contribution < 1.29 is 25.2 Å². The lowest BCUT2D eigenvalue weighted by atomic mass is 9.89. The molecule has 1 fully saturated rings. The summed E-state index contributed by atoms with van der Waals surface area (Å²) in [5.41, 5.74) is 1.18. The Labute approximate surface area is 215 Å². The normalized spacial score (nSPS) is 25.3. The minimum absolute atomic E-state index is 0.233. The lowest BCUT2D eigenvalue weighted by Gasteiger charge is -2.33. The molecule has 1 heterocycles. The average Bonchev–Trinajstić information content (AvgIpc) is 3.16. The van der Waals surface area contributed by atoms with Crippen LogP contribution in [0, 0.1) is 0 Å². The molecule has 0 radical (unpaired) electrons. The topological polar surface area (TPSA) is 90.2 Å². The van der Waals surface area contributed by atoms with Gasteiger partial charge < -0.3 is 25.2 Å². The van der Waals surface area contributed by atoms with Crippen LogP contribution in [0.4, 0.5) is 0 Å². The van der Waals surface area contributed by atoms with E-state index in [1.54, 1.807) is 20.8 Å². The van der Waals surface area contributed by atoms with Gasteiger partial charge in [0.25, 0.3) is 0 Å². The van der Waals surface area contributed by atoms with Gasteiger partial charge in [0.05, 0.1) is 35.1 Å². The zero-order chi connectivity index (χ0) is 26.9. The first-order valence-electron chi connectivity index (χ1n) is 13.5. The highest BCUT2D eigenvalue weighted by molar-refractivity contribution is 5.04. The largest absolute Gasteiger partial charge is 0.390 e. The van der Waals surface area contributed by atoms with Gasteiger partial charge in [0.15, 0.2) is 0 Å². The summed E-state index contributed by atoms with van der Waals surface area (Å²) in [6.45, 7) is 15.5. The number of allylic oxidation sites excluding steroid dienone is 6. The van der Waals surface area contributed by atoms with Gasteiger partial charge in [-0.05, 0) is 120 Å². The van der Waals surface area contributed by atoms with Crippen molar-refractivity contribution in [1.82, 2.24) is 0 Å². The van der Waals surface area contributed by atoms with Crippen LogP contribution in [0.25, 0.3) is 0 Å². The van der Waals surface area contributed by atoms with E-state index in [1.165, 1.54) is 16.7 Å². The molecule has 0 saturated carbocycles. The van der Waals surface area contributed by atoms with E-state index >= 15 is 0 Å². The Morgan fingerprint density at radius 2 is 1.46 bits per heavy atom. The highest BCUT2D eigenvalue weighted by atomic mass is 16.5. The smallest absolute Gasteiger partial charge is 0.0918 e. The Bertz CT molecular complexity index is 724. The predicted molar refractivity (Wildman–Crippen MR) is 145 cm³/mol. The molecule has 5 nitrogen and oxygen atoms in total. The molecule has 5 atom stereocenters. The third-order valence-electron chi connectivity index (χ3n) is 7.50. The Morgan fingerprint density at radius 1 is 0.914 bits per heavy atom.